The topological polar surface area (TPSA) is 50.7 Å². The number of nitrogens with one attached hydrogen (secondary N) is 1. The van der Waals surface area contributed by atoms with E-state index in [-0.39, 0.29) is 5.91 Å². The summed E-state index contributed by atoms with van der Waals surface area (Å²) in [5.41, 5.74) is 7.28. The zero-order chi connectivity index (χ0) is 16.1. The number of hydrogen-bond donors (Lipinski definition) is 1. The third-order valence-corrected chi connectivity index (χ3v) is 3.65. The molecule has 114 valence electrons. The number of hydrogen-bond acceptors (Lipinski definition) is 3. The first-order valence-corrected chi connectivity index (χ1v) is 7.07. The molecule has 1 N–H and O–H groups in total. The van der Waals surface area contributed by atoms with E-state index in [4.69, 9.17) is 4.74 Å². The lowest BCUT2D eigenvalue weighted by Gasteiger charge is -2.09. The van der Waals surface area contributed by atoms with Gasteiger partial charge in [0.1, 0.15) is 5.75 Å². The van der Waals surface area contributed by atoms with E-state index in [0.717, 1.165) is 28.0 Å². The number of hydrazone groups is 1. The van der Waals surface area contributed by atoms with Crippen LogP contribution in [0.4, 0.5) is 0 Å². The first-order chi connectivity index (χ1) is 10.5. The van der Waals surface area contributed by atoms with Crippen molar-refractivity contribution in [1.29, 1.82) is 0 Å². The fraction of sp³-hybridized carbons (Fsp3) is 0.222. The molecule has 0 unspecified atom stereocenters. The molecule has 22 heavy (non-hydrogen) atoms. The Bertz CT molecular complexity index is 721. The van der Waals surface area contributed by atoms with Crippen LogP contribution in [0.15, 0.2) is 41.5 Å². The van der Waals surface area contributed by atoms with Gasteiger partial charge in [-0.15, -0.1) is 0 Å². The summed E-state index contributed by atoms with van der Waals surface area (Å²) in [6.07, 6.45) is 1.65. The van der Waals surface area contributed by atoms with Gasteiger partial charge in [-0.2, -0.15) is 5.10 Å². The predicted octanol–water partition coefficient (Wildman–Crippen LogP) is 3.38. The summed E-state index contributed by atoms with van der Waals surface area (Å²) >= 11 is 0. The highest BCUT2D eigenvalue weighted by Gasteiger charge is 2.06. The summed E-state index contributed by atoms with van der Waals surface area (Å²) in [5.74, 6) is 0.626. The minimum atomic E-state index is -0.220. The third-order valence-electron chi connectivity index (χ3n) is 3.65. The van der Waals surface area contributed by atoms with Crippen LogP contribution in [0.3, 0.4) is 0 Å². The van der Waals surface area contributed by atoms with Gasteiger partial charge < -0.3 is 4.74 Å². The highest BCUT2D eigenvalue weighted by Crippen LogP contribution is 2.22. The molecule has 0 aromatic heterocycles. The summed E-state index contributed by atoms with van der Waals surface area (Å²) in [6, 6.07) is 11.2. The number of rotatable bonds is 4. The van der Waals surface area contributed by atoms with Crippen LogP contribution in [0.2, 0.25) is 0 Å². The summed E-state index contributed by atoms with van der Waals surface area (Å²) in [6.45, 7) is 5.95. The van der Waals surface area contributed by atoms with Gasteiger partial charge in [0.2, 0.25) is 0 Å². The van der Waals surface area contributed by atoms with Crippen LogP contribution in [0.1, 0.15) is 32.6 Å². The van der Waals surface area contributed by atoms with Gasteiger partial charge in [0, 0.05) is 5.56 Å². The summed E-state index contributed by atoms with van der Waals surface area (Å²) in [7, 11) is 1.65. The lowest BCUT2D eigenvalue weighted by Crippen LogP contribution is -2.17. The standard InChI is InChI=1S/C18H20N2O2/c1-12-6-5-7-15(10-12)18(21)20-19-11-16-8-9-17(22-4)14(3)13(16)2/h5-11H,1-4H3,(H,20,21). The third kappa shape index (κ3) is 3.52. The van der Waals surface area contributed by atoms with Crippen molar-refractivity contribution in [2.75, 3.05) is 7.11 Å². The van der Waals surface area contributed by atoms with Crippen molar-refractivity contribution in [2.45, 2.75) is 20.8 Å². The summed E-state index contributed by atoms with van der Waals surface area (Å²) in [4.78, 5) is 12.0. The normalized spacial score (nSPS) is 10.7. The Balaban J connectivity index is 2.10. The Labute approximate surface area is 130 Å². The highest BCUT2D eigenvalue weighted by atomic mass is 16.5. The predicted molar refractivity (Wildman–Crippen MR) is 88.7 cm³/mol. The summed E-state index contributed by atoms with van der Waals surface area (Å²) < 4.78 is 5.28. The van der Waals surface area contributed by atoms with Crippen molar-refractivity contribution < 1.29 is 9.53 Å². The number of carbonyl (C=O) groups is 1. The van der Waals surface area contributed by atoms with Crippen LogP contribution in [-0.2, 0) is 0 Å². The Morgan fingerprint density at radius 2 is 1.91 bits per heavy atom. The molecule has 2 aromatic carbocycles. The van der Waals surface area contributed by atoms with Gasteiger partial charge in [0.15, 0.2) is 0 Å². The van der Waals surface area contributed by atoms with E-state index in [1.54, 1.807) is 19.4 Å². The molecule has 0 bridgehead atoms. The molecule has 0 saturated heterocycles. The van der Waals surface area contributed by atoms with Gasteiger partial charge in [-0.05, 0) is 61.7 Å². The second-order valence-electron chi connectivity index (χ2n) is 5.18. The zero-order valence-corrected chi connectivity index (χ0v) is 13.3. The average molecular weight is 296 g/mol. The molecular formula is C18H20N2O2. The van der Waals surface area contributed by atoms with E-state index in [1.165, 1.54) is 0 Å². The number of methoxy groups -OCH3 is 1. The average Bonchev–Trinajstić information content (AvgIpc) is 2.51. The van der Waals surface area contributed by atoms with Crippen LogP contribution in [0, 0.1) is 20.8 Å². The Morgan fingerprint density at radius 1 is 1.14 bits per heavy atom. The zero-order valence-electron chi connectivity index (χ0n) is 13.3. The Hall–Kier alpha value is -2.62. The van der Waals surface area contributed by atoms with Crippen molar-refractivity contribution in [3.8, 4) is 5.75 Å². The molecule has 0 aliphatic heterocycles. The number of aryl methyl sites for hydroxylation is 1. The molecule has 4 nitrogen and oxygen atoms in total. The number of carbonyl (C=O) groups excluding carboxylic acids is 1. The number of amides is 1. The van der Waals surface area contributed by atoms with E-state index in [9.17, 15) is 4.79 Å². The fourth-order valence-corrected chi connectivity index (χ4v) is 2.19. The monoisotopic (exact) mass is 296 g/mol. The van der Waals surface area contributed by atoms with Crippen LogP contribution in [-0.4, -0.2) is 19.2 Å². The second-order valence-corrected chi connectivity index (χ2v) is 5.18. The Kier molecular flexibility index (Phi) is 4.94. The lowest BCUT2D eigenvalue weighted by atomic mass is 10.0. The molecular weight excluding hydrogens is 276 g/mol. The second kappa shape index (κ2) is 6.89. The summed E-state index contributed by atoms with van der Waals surface area (Å²) in [5, 5.41) is 4.04. The largest absolute Gasteiger partial charge is 0.496 e. The first-order valence-electron chi connectivity index (χ1n) is 7.07. The van der Waals surface area contributed by atoms with Crippen LogP contribution in [0.5, 0.6) is 5.75 Å². The minimum absolute atomic E-state index is 0.220. The molecule has 2 aromatic rings. The molecule has 0 spiro atoms. The van der Waals surface area contributed by atoms with E-state index < -0.39 is 0 Å². The number of ether oxygens (including phenoxy) is 1. The molecule has 0 aliphatic carbocycles. The van der Waals surface area contributed by atoms with Crippen molar-refractivity contribution in [3.05, 3.63) is 64.2 Å². The van der Waals surface area contributed by atoms with Gasteiger partial charge in [0.25, 0.3) is 5.91 Å². The van der Waals surface area contributed by atoms with Crippen LogP contribution < -0.4 is 10.2 Å². The molecule has 0 fully saturated rings. The van der Waals surface area contributed by atoms with Gasteiger partial charge >= 0.3 is 0 Å². The fourth-order valence-electron chi connectivity index (χ4n) is 2.19. The molecule has 2 rings (SSSR count). The molecule has 0 atom stereocenters. The van der Waals surface area contributed by atoms with E-state index in [0.29, 0.717) is 5.56 Å². The molecule has 0 heterocycles. The van der Waals surface area contributed by atoms with Crippen molar-refractivity contribution in [1.82, 2.24) is 5.43 Å². The van der Waals surface area contributed by atoms with Gasteiger partial charge in [-0.1, -0.05) is 17.7 Å². The molecule has 0 aliphatic rings. The van der Waals surface area contributed by atoms with Crippen molar-refractivity contribution in [2.24, 2.45) is 5.10 Å². The smallest absolute Gasteiger partial charge is 0.271 e. The quantitative estimate of drug-likeness (QED) is 0.694. The van der Waals surface area contributed by atoms with E-state index in [1.807, 2.05) is 51.1 Å². The molecule has 1 amide bonds. The Morgan fingerprint density at radius 3 is 2.59 bits per heavy atom. The van der Waals surface area contributed by atoms with E-state index in [2.05, 4.69) is 10.5 Å². The number of benzene rings is 2. The minimum Gasteiger partial charge on any atom is -0.496 e. The molecule has 4 heteroatoms. The van der Waals surface area contributed by atoms with Gasteiger partial charge in [-0.25, -0.2) is 5.43 Å². The lowest BCUT2D eigenvalue weighted by molar-refractivity contribution is 0.0955. The van der Waals surface area contributed by atoms with Crippen molar-refractivity contribution in [3.63, 3.8) is 0 Å². The van der Waals surface area contributed by atoms with Gasteiger partial charge in [-0.3, -0.25) is 4.79 Å². The van der Waals surface area contributed by atoms with Gasteiger partial charge in [0.05, 0.1) is 13.3 Å². The SMILES string of the molecule is COc1ccc(C=NNC(=O)c2cccc(C)c2)c(C)c1C. The molecule has 0 saturated carbocycles. The molecule has 0 radical (unpaired) electrons. The highest BCUT2D eigenvalue weighted by molar-refractivity contribution is 5.95. The number of nitrogens with zero attached hydrogens (tertiary/aromatic N) is 1. The first kappa shape index (κ1) is 15.8. The maximum absolute atomic E-state index is 12.0. The van der Waals surface area contributed by atoms with Crippen LogP contribution >= 0.6 is 0 Å². The van der Waals surface area contributed by atoms with Crippen LogP contribution in [0.25, 0.3) is 0 Å². The van der Waals surface area contributed by atoms with E-state index >= 15 is 0 Å². The maximum atomic E-state index is 12.0. The maximum Gasteiger partial charge on any atom is 0.271 e. The van der Waals surface area contributed by atoms with Crippen molar-refractivity contribution >= 4 is 12.1 Å².